The average molecular weight is 275 g/mol. The maximum absolute atomic E-state index is 12.0. The smallest absolute Gasteiger partial charge is 0.441 e. The Labute approximate surface area is 115 Å². The number of quaternary nitrogens is 1. The van der Waals surface area contributed by atoms with E-state index in [0.717, 1.165) is 0 Å². The summed E-state index contributed by atoms with van der Waals surface area (Å²) in [6.45, 7) is 12.9. The number of amides is 2. The van der Waals surface area contributed by atoms with Crippen molar-refractivity contribution >= 4 is 12.2 Å². The molecule has 0 aliphatic rings. The Balaban J connectivity index is 4.77. The second kappa shape index (κ2) is 6.23. The van der Waals surface area contributed by atoms with Gasteiger partial charge in [0.05, 0.1) is 7.05 Å². The van der Waals surface area contributed by atoms with E-state index in [9.17, 15) is 9.59 Å². The molecule has 0 aromatic carbocycles. The number of hydrogen-bond donors (Lipinski definition) is 1. The maximum Gasteiger partial charge on any atom is 0.540 e. The molecule has 0 bridgehead atoms. The molecular formula is C13H27N2O4+. The first-order valence-electron chi connectivity index (χ1n) is 6.43. The lowest BCUT2D eigenvalue weighted by atomic mass is 10.2. The molecule has 0 aromatic rings. The van der Waals surface area contributed by atoms with Crippen LogP contribution in [0.25, 0.3) is 0 Å². The van der Waals surface area contributed by atoms with Crippen LogP contribution in [0.5, 0.6) is 0 Å². The number of carbonyl (C=O) groups excluding carboxylic acids is 2. The molecule has 1 N–H and O–H groups in total. The summed E-state index contributed by atoms with van der Waals surface area (Å²) < 4.78 is 10.5. The Morgan fingerprint density at radius 2 is 1.42 bits per heavy atom. The SMILES string of the molecule is CC[NH+](C(=O)OC(C)(C)C)N(C)C(=O)OC(C)(C)C. The Hall–Kier alpha value is -1.30. The number of hydrogen-bond acceptors (Lipinski definition) is 4. The van der Waals surface area contributed by atoms with E-state index in [4.69, 9.17) is 9.47 Å². The van der Waals surface area contributed by atoms with E-state index < -0.39 is 23.4 Å². The zero-order valence-electron chi connectivity index (χ0n) is 13.3. The van der Waals surface area contributed by atoms with E-state index >= 15 is 0 Å². The number of alkyl carbamates (subject to hydrolysis) is 1. The third-order valence-corrected chi connectivity index (χ3v) is 2.04. The van der Waals surface area contributed by atoms with Crippen molar-refractivity contribution in [2.24, 2.45) is 0 Å². The van der Waals surface area contributed by atoms with Gasteiger partial charge in [0.2, 0.25) is 0 Å². The predicted molar refractivity (Wildman–Crippen MR) is 71.7 cm³/mol. The highest BCUT2D eigenvalue weighted by Gasteiger charge is 2.34. The van der Waals surface area contributed by atoms with Crippen molar-refractivity contribution in [2.75, 3.05) is 13.6 Å². The zero-order valence-corrected chi connectivity index (χ0v) is 13.3. The van der Waals surface area contributed by atoms with Crippen molar-refractivity contribution in [3.8, 4) is 0 Å². The van der Waals surface area contributed by atoms with Gasteiger partial charge in [0.25, 0.3) is 0 Å². The molecule has 0 aliphatic carbocycles. The fraction of sp³-hybridized carbons (Fsp3) is 0.846. The number of rotatable bonds is 1. The van der Waals surface area contributed by atoms with Crippen LogP contribution in [0, 0.1) is 0 Å². The van der Waals surface area contributed by atoms with Gasteiger partial charge in [-0.15, -0.1) is 10.0 Å². The standard InChI is InChI=1S/C13H26N2O4/c1-9-15(11(17)19-13(5,6)7)14(8)10(16)18-12(2,3)4/h9H2,1-8H3/p+1. The van der Waals surface area contributed by atoms with Gasteiger partial charge in [0, 0.05) is 0 Å². The second-order valence-corrected chi connectivity index (χ2v) is 6.34. The summed E-state index contributed by atoms with van der Waals surface area (Å²) in [5, 5.41) is 1.49. The minimum absolute atomic E-state index is 0.282. The summed E-state index contributed by atoms with van der Waals surface area (Å²) in [5.41, 5.74) is -1.19. The molecule has 1 unspecified atom stereocenters. The summed E-state index contributed by atoms with van der Waals surface area (Å²) in [6.07, 6.45) is -1.06. The molecular weight excluding hydrogens is 248 g/mol. The third kappa shape index (κ3) is 7.00. The van der Waals surface area contributed by atoms with Crippen LogP contribution in [0.1, 0.15) is 48.5 Å². The Morgan fingerprint density at radius 3 is 1.74 bits per heavy atom. The molecule has 0 aliphatic heterocycles. The maximum atomic E-state index is 12.0. The van der Waals surface area contributed by atoms with Crippen molar-refractivity contribution in [1.29, 1.82) is 0 Å². The van der Waals surface area contributed by atoms with E-state index in [1.54, 1.807) is 48.5 Å². The normalized spacial score (nSPS) is 13.7. The van der Waals surface area contributed by atoms with Crippen molar-refractivity contribution in [3.05, 3.63) is 0 Å². The Morgan fingerprint density at radius 1 is 1.00 bits per heavy atom. The second-order valence-electron chi connectivity index (χ2n) is 6.34. The van der Waals surface area contributed by atoms with E-state index in [-0.39, 0.29) is 5.01 Å². The quantitative estimate of drug-likeness (QED) is 0.739. The third-order valence-electron chi connectivity index (χ3n) is 2.04. The molecule has 6 nitrogen and oxygen atoms in total. The minimum atomic E-state index is -0.599. The van der Waals surface area contributed by atoms with Crippen LogP contribution in [0.4, 0.5) is 9.59 Å². The number of ether oxygens (including phenoxy) is 2. The molecule has 2 amide bonds. The molecule has 19 heavy (non-hydrogen) atoms. The van der Waals surface area contributed by atoms with Crippen molar-refractivity contribution in [3.63, 3.8) is 0 Å². The first-order valence-corrected chi connectivity index (χ1v) is 6.43. The van der Waals surface area contributed by atoms with Crippen LogP contribution in [-0.2, 0) is 9.47 Å². The van der Waals surface area contributed by atoms with Gasteiger partial charge in [0.15, 0.2) is 0 Å². The summed E-state index contributed by atoms with van der Waals surface area (Å²) >= 11 is 0. The molecule has 0 radical (unpaired) electrons. The lowest BCUT2D eigenvalue weighted by Gasteiger charge is -2.29. The molecule has 6 heteroatoms. The van der Waals surface area contributed by atoms with Crippen LogP contribution in [0.2, 0.25) is 0 Å². The van der Waals surface area contributed by atoms with Gasteiger partial charge in [-0.2, -0.15) is 4.79 Å². The van der Waals surface area contributed by atoms with Crippen LogP contribution in [0.3, 0.4) is 0 Å². The van der Waals surface area contributed by atoms with Gasteiger partial charge in [-0.25, -0.2) is 4.79 Å². The molecule has 112 valence electrons. The van der Waals surface area contributed by atoms with Crippen molar-refractivity contribution < 1.29 is 24.1 Å². The van der Waals surface area contributed by atoms with E-state index in [1.807, 2.05) is 0 Å². The van der Waals surface area contributed by atoms with Crippen LogP contribution >= 0.6 is 0 Å². The van der Waals surface area contributed by atoms with Gasteiger partial charge >= 0.3 is 12.2 Å². The lowest BCUT2D eigenvalue weighted by molar-refractivity contribution is -0.931. The molecule has 1 atom stereocenters. The number of nitrogens with one attached hydrogen (secondary N) is 1. The highest BCUT2D eigenvalue weighted by molar-refractivity contribution is 5.68. The fourth-order valence-electron chi connectivity index (χ4n) is 1.30. The van der Waals surface area contributed by atoms with E-state index in [2.05, 4.69) is 0 Å². The molecule has 0 spiro atoms. The molecule has 0 heterocycles. The minimum Gasteiger partial charge on any atom is -0.441 e. The fourth-order valence-corrected chi connectivity index (χ4v) is 1.30. The molecule has 0 saturated heterocycles. The molecule has 0 rings (SSSR count). The van der Waals surface area contributed by atoms with Crippen LogP contribution in [0.15, 0.2) is 0 Å². The number of nitrogens with zero attached hydrogens (tertiary/aromatic N) is 1. The van der Waals surface area contributed by atoms with E-state index in [0.29, 0.717) is 6.54 Å². The van der Waals surface area contributed by atoms with Crippen molar-refractivity contribution in [1.82, 2.24) is 5.01 Å². The van der Waals surface area contributed by atoms with Crippen LogP contribution in [-0.4, -0.2) is 42.0 Å². The van der Waals surface area contributed by atoms with E-state index in [1.165, 1.54) is 12.1 Å². The highest BCUT2D eigenvalue weighted by atomic mass is 16.6. The van der Waals surface area contributed by atoms with Gasteiger partial charge in [0.1, 0.15) is 17.7 Å². The number of carbonyl (C=O) groups is 2. The van der Waals surface area contributed by atoms with Crippen LogP contribution < -0.4 is 5.01 Å². The summed E-state index contributed by atoms with van der Waals surface area (Å²) in [5.74, 6) is 0. The Bertz CT molecular complexity index is 329. The molecule has 0 saturated carbocycles. The van der Waals surface area contributed by atoms with Crippen molar-refractivity contribution in [2.45, 2.75) is 59.7 Å². The largest absolute Gasteiger partial charge is 0.540 e. The van der Waals surface area contributed by atoms with Gasteiger partial charge in [-0.1, -0.05) is 0 Å². The van der Waals surface area contributed by atoms with Gasteiger partial charge in [-0.05, 0) is 48.5 Å². The lowest BCUT2D eigenvalue weighted by Crippen LogP contribution is -3.20. The zero-order chi connectivity index (χ0) is 15.4. The highest BCUT2D eigenvalue weighted by Crippen LogP contribution is 2.08. The predicted octanol–water partition coefficient (Wildman–Crippen LogP) is 1.61. The first-order chi connectivity index (χ1) is 8.37. The summed E-state index contributed by atoms with van der Waals surface area (Å²) in [6, 6.07) is 0. The molecule has 0 aromatic heterocycles. The first kappa shape index (κ1) is 17.7. The summed E-state index contributed by atoms with van der Waals surface area (Å²) in [7, 11) is 1.51. The summed E-state index contributed by atoms with van der Waals surface area (Å²) in [4.78, 5) is 23.9. The topological polar surface area (TPSA) is 60.3 Å². The monoisotopic (exact) mass is 275 g/mol. The van der Waals surface area contributed by atoms with Gasteiger partial charge < -0.3 is 9.47 Å². The molecule has 0 fully saturated rings. The van der Waals surface area contributed by atoms with Gasteiger partial charge in [-0.3, -0.25) is 0 Å². The average Bonchev–Trinajstić information content (AvgIpc) is 2.12. The Kier molecular flexibility index (Phi) is 5.81.